The van der Waals surface area contributed by atoms with E-state index in [1.54, 1.807) is 0 Å². The Kier molecular flexibility index (Phi) is 4.79. The number of anilines is 1. The van der Waals surface area contributed by atoms with Gasteiger partial charge in [0.2, 0.25) is 0 Å². The first kappa shape index (κ1) is 16.9. The molecule has 3 heterocycles. The van der Waals surface area contributed by atoms with Gasteiger partial charge in [-0.2, -0.15) is 0 Å². The molecule has 0 bridgehead atoms. The number of benzene rings is 1. The van der Waals surface area contributed by atoms with E-state index in [1.807, 2.05) is 11.0 Å². The van der Waals surface area contributed by atoms with Crippen LogP contribution in [0.5, 0.6) is 0 Å². The fourth-order valence-corrected chi connectivity index (χ4v) is 4.04. The first-order valence-corrected chi connectivity index (χ1v) is 9.32. The molecule has 26 heavy (non-hydrogen) atoms. The molecule has 7 nitrogen and oxygen atoms in total. The van der Waals surface area contributed by atoms with E-state index in [0.29, 0.717) is 11.7 Å². The number of H-pyrrole nitrogens is 2. The second-order valence-electron chi connectivity index (χ2n) is 7.06. The van der Waals surface area contributed by atoms with Crippen LogP contribution in [-0.2, 0) is 0 Å². The number of nitrogens with one attached hydrogen (secondary N) is 2. The Morgan fingerprint density at radius 2 is 1.81 bits per heavy atom. The number of carbonyl (C=O) groups is 1. The normalized spacial score (nSPS) is 21.8. The summed E-state index contributed by atoms with van der Waals surface area (Å²) in [5.41, 5.74) is 1.30. The zero-order valence-corrected chi connectivity index (χ0v) is 14.9. The fraction of sp³-hybridized carbons (Fsp3) is 0.474. The minimum Gasteiger partial charge on any atom is -0.369 e. The summed E-state index contributed by atoms with van der Waals surface area (Å²) in [7, 11) is 0. The van der Waals surface area contributed by atoms with E-state index >= 15 is 0 Å². The Bertz CT molecular complexity index is 792. The summed E-state index contributed by atoms with van der Waals surface area (Å²) in [6.45, 7) is 5.55. The number of hydrogen-bond donors (Lipinski definition) is 2. The van der Waals surface area contributed by atoms with Crippen molar-refractivity contribution < 1.29 is 4.79 Å². The Labute approximate surface area is 152 Å². The van der Waals surface area contributed by atoms with Crippen LogP contribution in [0.15, 0.2) is 41.3 Å². The number of aromatic nitrogens is 2. The molecule has 2 N–H and O–H groups in total. The van der Waals surface area contributed by atoms with Crippen LogP contribution in [0.4, 0.5) is 5.69 Å². The van der Waals surface area contributed by atoms with Crippen LogP contribution >= 0.6 is 0 Å². The van der Waals surface area contributed by atoms with Crippen molar-refractivity contribution in [3.63, 3.8) is 0 Å². The molecule has 0 aliphatic carbocycles. The van der Waals surface area contributed by atoms with E-state index < -0.39 is 0 Å². The van der Waals surface area contributed by atoms with Crippen molar-refractivity contribution in [1.82, 2.24) is 19.8 Å². The first-order chi connectivity index (χ1) is 12.7. The number of hydrogen-bond acceptors (Lipinski definition) is 4. The van der Waals surface area contributed by atoms with Gasteiger partial charge in [-0.05, 0) is 25.0 Å². The van der Waals surface area contributed by atoms with Crippen molar-refractivity contribution in [2.45, 2.75) is 18.9 Å². The summed E-state index contributed by atoms with van der Waals surface area (Å²) in [5, 5.41) is 0. The highest BCUT2D eigenvalue weighted by atomic mass is 16.2. The van der Waals surface area contributed by atoms with Crippen molar-refractivity contribution in [1.29, 1.82) is 0 Å². The van der Waals surface area contributed by atoms with Crippen LogP contribution in [-0.4, -0.2) is 71.0 Å². The average molecular weight is 355 g/mol. The molecule has 7 heteroatoms. The van der Waals surface area contributed by atoms with Gasteiger partial charge in [0.15, 0.2) is 0 Å². The number of amides is 1. The third-order valence-electron chi connectivity index (χ3n) is 5.46. The molecule has 0 saturated carbocycles. The topological polar surface area (TPSA) is 75.4 Å². The van der Waals surface area contributed by atoms with E-state index in [1.165, 1.54) is 11.9 Å². The number of piperidine rings is 1. The molecule has 2 aliphatic heterocycles. The monoisotopic (exact) mass is 355 g/mol. The zero-order chi connectivity index (χ0) is 17.9. The van der Waals surface area contributed by atoms with Gasteiger partial charge in [0, 0.05) is 57.2 Å². The molecule has 0 radical (unpaired) electrons. The zero-order valence-electron chi connectivity index (χ0n) is 14.9. The Balaban J connectivity index is 1.35. The summed E-state index contributed by atoms with van der Waals surface area (Å²) in [5.74, 6) is -0.0871. The van der Waals surface area contributed by atoms with Crippen LogP contribution in [0.25, 0.3) is 0 Å². The number of piperazine rings is 1. The van der Waals surface area contributed by atoms with Gasteiger partial charge in [-0.15, -0.1) is 0 Å². The molecular formula is C19H25N5O2. The molecule has 2 aliphatic rings. The number of nitrogens with zero attached hydrogens (tertiary/aromatic N) is 3. The fourth-order valence-electron chi connectivity index (χ4n) is 4.04. The predicted octanol–water partition coefficient (Wildman–Crippen LogP) is 1.13. The number of carbonyl (C=O) groups excluding carboxylic acids is 1. The van der Waals surface area contributed by atoms with Gasteiger partial charge in [0.1, 0.15) is 5.69 Å². The van der Waals surface area contributed by atoms with Crippen LogP contribution in [0, 0.1) is 0 Å². The molecule has 2 saturated heterocycles. The summed E-state index contributed by atoms with van der Waals surface area (Å²) in [6.07, 6.45) is 3.59. The molecule has 1 atom stereocenters. The van der Waals surface area contributed by atoms with E-state index in [2.05, 4.69) is 44.0 Å². The van der Waals surface area contributed by atoms with E-state index in [-0.39, 0.29) is 11.6 Å². The predicted molar refractivity (Wildman–Crippen MR) is 101 cm³/mol. The molecule has 2 aromatic rings. The molecule has 4 rings (SSSR count). The maximum atomic E-state index is 12.6. The molecular weight excluding hydrogens is 330 g/mol. The van der Waals surface area contributed by atoms with Crippen LogP contribution in [0.2, 0.25) is 0 Å². The van der Waals surface area contributed by atoms with Gasteiger partial charge in [-0.25, -0.2) is 4.79 Å². The highest BCUT2D eigenvalue weighted by molar-refractivity contribution is 5.92. The van der Waals surface area contributed by atoms with Gasteiger partial charge < -0.3 is 19.8 Å². The minimum atomic E-state index is -0.334. The molecule has 0 unspecified atom stereocenters. The SMILES string of the molecule is O=C(c1c[nH]c(=O)[nH]1)N1CCC[C@@H](N2CCN(c3ccccc3)CC2)C1. The standard InChI is InChI=1S/C19H25N5O2/c25-18(17-13-20-19(26)21-17)24-8-4-7-16(14-24)23-11-9-22(10-12-23)15-5-2-1-3-6-15/h1-3,5-6,13,16H,4,7-12,14H2,(H2,20,21,26)/t16-/m1/s1. The average Bonchev–Trinajstić information content (AvgIpc) is 3.15. The van der Waals surface area contributed by atoms with Crippen LogP contribution in [0.1, 0.15) is 23.3 Å². The lowest BCUT2D eigenvalue weighted by Gasteiger charge is -2.43. The summed E-state index contributed by atoms with van der Waals surface area (Å²) in [4.78, 5) is 35.7. The highest BCUT2D eigenvalue weighted by Gasteiger charge is 2.30. The highest BCUT2D eigenvalue weighted by Crippen LogP contribution is 2.21. The minimum absolute atomic E-state index is 0.0871. The van der Waals surface area contributed by atoms with Gasteiger partial charge >= 0.3 is 5.69 Å². The molecule has 1 aromatic carbocycles. The maximum absolute atomic E-state index is 12.6. The van der Waals surface area contributed by atoms with Crippen molar-refractivity contribution >= 4 is 11.6 Å². The third-order valence-corrected chi connectivity index (χ3v) is 5.46. The largest absolute Gasteiger partial charge is 0.369 e. The lowest BCUT2D eigenvalue weighted by atomic mass is 10.0. The van der Waals surface area contributed by atoms with Gasteiger partial charge in [-0.3, -0.25) is 9.69 Å². The van der Waals surface area contributed by atoms with Gasteiger partial charge in [-0.1, -0.05) is 18.2 Å². The van der Waals surface area contributed by atoms with Crippen molar-refractivity contribution in [3.05, 3.63) is 52.7 Å². The maximum Gasteiger partial charge on any atom is 0.323 e. The number of aromatic amines is 2. The van der Waals surface area contributed by atoms with Gasteiger partial charge in [0.25, 0.3) is 5.91 Å². The lowest BCUT2D eigenvalue weighted by molar-refractivity contribution is 0.0558. The van der Waals surface area contributed by atoms with Crippen LogP contribution < -0.4 is 10.6 Å². The summed E-state index contributed by atoms with van der Waals surface area (Å²) in [6, 6.07) is 10.9. The summed E-state index contributed by atoms with van der Waals surface area (Å²) < 4.78 is 0. The van der Waals surface area contributed by atoms with E-state index in [9.17, 15) is 9.59 Å². The van der Waals surface area contributed by atoms with Crippen LogP contribution in [0.3, 0.4) is 0 Å². The molecule has 1 aromatic heterocycles. The number of imidazole rings is 1. The van der Waals surface area contributed by atoms with Gasteiger partial charge in [0.05, 0.1) is 0 Å². The second-order valence-corrected chi connectivity index (χ2v) is 7.06. The number of rotatable bonds is 3. The second kappa shape index (κ2) is 7.37. The Morgan fingerprint density at radius 1 is 1.04 bits per heavy atom. The van der Waals surface area contributed by atoms with Crippen molar-refractivity contribution in [2.75, 3.05) is 44.2 Å². The van der Waals surface area contributed by atoms with Crippen molar-refractivity contribution in [2.24, 2.45) is 0 Å². The Morgan fingerprint density at radius 3 is 2.50 bits per heavy atom. The van der Waals surface area contributed by atoms with E-state index in [4.69, 9.17) is 0 Å². The molecule has 0 spiro atoms. The number of likely N-dealkylation sites (tertiary alicyclic amines) is 1. The third kappa shape index (κ3) is 3.53. The first-order valence-electron chi connectivity index (χ1n) is 9.32. The van der Waals surface area contributed by atoms with E-state index in [0.717, 1.165) is 52.1 Å². The smallest absolute Gasteiger partial charge is 0.323 e. The lowest BCUT2D eigenvalue weighted by Crippen LogP contribution is -2.56. The summed E-state index contributed by atoms with van der Waals surface area (Å²) >= 11 is 0. The molecule has 138 valence electrons. The molecule has 2 fully saturated rings. The Hall–Kier alpha value is -2.54. The molecule has 1 amide bonds. The van der Waals surface area contributed by atoms with Crippen molar-refractivity contribution in [3.8, 4) is 0 Å². The quantitative estimate of drug-likeness (QED) is 0.865. The number of para-hydroxylation sites is 1.